The Labute approximate surface area is 203 Å². The molecule has 1 unspecified atom stereocenters. The van der Waals surface area contributed by atoms with Gasteiger partial charge in [0.05, 0.1) is 6.20 Å². The number of ether oxygens (including phenoxy) is 1. The molecule has 0 saturated carbocycles. The molecule has 0 spiro atoms. The Bertz CT molecular complexity index is 1330. The first-order chi connectivity index (χ1) is 17.0. The first-order valence-corrected chi connectivity index (χ1v) is 11.4. The van der Waals surface area contributed by atoms with Crippen LogP contribution in [0.25, 0.3) is 22.3 Å². The third kappa shape index (κ3) is 4.66. The highest BCUT2D eigenvalue weighted by Crippen LogP contribution is 2.44. The summed E-state index contributed by atoms with van der Waals surface area (Å²) in [5.74, 6) is -1.20. The first-order valence-electron chi connectivity index (χ1n) is 11.4. The number of fused-ring (bicyclic) bond motifs is 3. The fourth-order valence-electron chi connectivity index (χ4n) is 4.62. The quantitative estimate of drug-likeness (QED) is 0.414. The van der Waals surface area contributed by atoms with Crippen molar-refractivity contribution in [3.05, 3.63) is 102 Å². The SMILES string of the molecule is Cn1cc(-c2ccc(CC(NC(=O)OCC3c4ccccc4-c4ccccc43)C(=O)O)cc2)cn1. The average Bonchev–Trinajstić information content (AvgIpc) is 3.44. The molecule has 1 aliphatic rings. The Balaban J connectivity index is 1.23. The van der Waals surface area contributed by atoms with E-state index in [-0.39, 0.29) is 18.9 Å². The number of carboxylic acid groups (broad SMARTS) is 1. The van der Waals surface area contributed by atoms with Crippen LogP contribution in [0.3, 0.4) is 0 Å². The van der Waals surface area contributed by atoms with E-state index in [0.29, 0.717) is 0 Å². The van der Waals surface area contributed by atoms with Crippen molar-refractivity contribution >= 4 is 12.1 Å². The molecule has 5 rings (SSSR count). The summed E-state index contributed by atoms with van der Waals surface area (Å²) in [6.45, 7) is 0.131. The molecular weight excluding hydrogens is 442 g/mol. The topological polar surface area (TPSA) is 93.5 Å². The standard InChI is InChI=1S/C28H25N3O4/c1-31-16-20(15-29-31)19-12-10-18(11-13-19)14-26(27(32)33)30-28(34)35-17-25-23-8-4-2-6-21(23)22-7-3-5-9-24(22)25/h2-13,15-16,25-26H,14,17H2,1H3,(H,30,34)(H,32,33). The number of hydrogen-bond acceptors (Lipinski definition) is 4. The van der Waals surface area contributed by atoms with E-state index in [1.165, 1.54) is 0 Å². The van der Waals surface area contributed by atoms with Gasteiger partial charge in [-0.25, -0.2) is 9.59 Å². The molecule has 176 valence electrons. The maximum absolute atomic E-state index is 12.6. The van der Waals surface area contributed by atoms with Crippen LogP contribution in [0.2, 0.25) is 0 Å². The summed E-state index contributed by atoms with van der Waals surface area (Å²) < 4.78 is 7.24. The molecule has 3 aromatic carbocycles. The van der Waals surface area contributed by atoms with Crippen molar-refractivity contribution in [2.24, 2.45) is 7.05 Å². The van der Waals surface area contributed by atoms with Crippen LogP contribution in [0.1, 0.15) is 22.6 Å². The molecule has 1 atom stereocenters. The highest BCUT2D eigenvalue weighted by molar-refractivity contribution is 5.81. The van der Waals surface area contributed by atoms with E-state index in [1.54, 1.807) is 10.9 Å². The predicted octanol–water partition coefficient (Wildman–Crippen LogP) is 4.62. The lowest BCUT2D eigenvalue weighted by Gasteiger charge is -2.17. The van der Waals surface area contributed by atoms with Gasteiger partial charge < -0.3 is 15.2 Å². The molecule has 2 N–H and O–H groups in total. The smallest absolute Gasteiger partial charge is 0.407 e. The van der Waals surface area contributed by atoms with Gasteiger partial charge in [0.15, 0.2) is 0 Å². The van der Waals surface area contributed by atoms with E-state index in [1.807, 2.05) is 73.9 Å². The van der Waals surface area contributed by atoms with Gasteiger partial charge in [-0.2, -0.15) is 5.10 Å². The Morgan fingerprint density at radius 2 is 1.60 bits per heavy atom. The van der Waals surface area contributed by atoms with E-state index < -0.39 is 18.1 Å². The molecule has 1 aromatic heterocycles. The molecule has 0 saturated heterocycles. The summed E-state index contributed by atoms with van der Waals surface area (Å²) in [5, 5.41) is 16.4. The van der Waals surface area contributed by atoms with Crippen LogP contribution in [-0.4, -0.2) is 39.6 Å². The fraction of sp³-hybridized carbons (Fsp3) is 0.179. The molecule has 0 bridgehead atoms. The number of carboxylic acids is 1. The van der Waals surface area contributed by atoms with Gasteiger partial charge in [-0.15, -0.1) is 0 Å². The second-order valence-corrected chi connectivity index (χ2v) is 8.66. The predicted molar refractivity (Wildman–Crippen MR) is 132 cm³/mol. The lowest BCUT2D eigenvalue weighted by molar-refractivity contribution is -0.139. The molecular formula is C28H25N3O4. The van der Waals surface area contributed by atoms with Crippen molar-refractivity contribution in [1.29, 1.82) is 0 Å². The largest absolute Gasteiger partial charge is 0.480 e. The van der Waals surface area contributed by atoms with Crippen molar-refractivity contribution in [1.82, 2.24) is 15.1 Å². The van der Waals surface area contributed by atoms with Gasteiger partial charge in [-0.05, 0) is 33.4 Å². The molecule has 0 fully saturated rings. The van der Waals surface area contributed by atoms with E-state index in [2.05, 4.69) is 22.5 Å². The molecule has 7 heteroatoms. The summed E-state index contributed by atoms with van der Waals surface area (Å²) in [6, 6.07) is 22.6. The van der Waals surface area contributed by atoms with Crippen LogP contribution >= 0.6 is 0 Å². The first kappa shape index (κ1) is 22.4. The fourth-order valence-corrected chi connectivity index (χ4v) is 4.62. The Morgan fingerprint density at radius 3 is 2.17 bits per heavy atom. The zero-order chi connectivity index (χ0) is 24.4. The molecule has 1 amide bonds. The molecule has 7 nitrogen and oxygen atoms in total. The molecule has 0 aliphatic heterocycles. The monoisotopic (exact) mass is 467 g/mol. The molecule has 0 radical (unpaired) electrons. The second kappa shape index (κ2) is 9.46. The third-order valence-electron chi connectivity index (χ3n) is 6.37. The summed E-state index contributed by atoms with van der Waals surface area (Å²) in [7, 11) is 1.85. The number of nitrogens with one attached hydrogen (secondary N) is 1. The Kier molecular flexibility index (Phi) is 6.06. The number of aromatic nitrogens is 2. The van der Waals surface area contributed by atoms with E-state index in [4.69, 9.17) is 4.74 Å². The second-order valence-electron chi connectivity index (χ2n) is 8.66. The van der Waals surface area contributed by atoms with E-state index in [9.17, 15) is 14.7 Å². The normalized spacial score (nSPS) is 13.1. The number of hydrogen-bond donors (Lipinski definition) is 2. The molecule has 4 aromatic rings. The summed E-state index contributed by atoms with van der Waals surface area (Å²) in [4.78, 5) is 24.4. The van der Waals surface area contributed by atoms with Crippen LogP contribution in [0.5, 0.6) is 0 Å². The van der Waals surface area contributed by atoms with Gasteiger partial charge in [-0.1, -0.05) is 72.8 Å². The minimum Gasteiger partial charge on any atom is -0.480 e. The molecule has 35 heavy (non-hydrogen) atoms. The van der Waals surface area contributed by atoms with Gasteiger partial charge in [-0.3, -0.25) is 4.68 Å². The lowest BCUT2D eigenvalue weighted by atomic mass is 9.98. The van der Waals surface area contributed by atoms with Gasteiger partial charge in [0.2, 0.25) is 0 Å². The number of aryl methyl sites for hydroxylation is 1. The number of carbonyl (C=O) groups excluding carboxylic acids is 1. The van der Waals surface area contributed by atoms with Crippen molar-refractivity contribution in [3.63, 3.8) is 0 Å². The van der Waals surface area contributed by atoms with Gasteiger partial charge in [0, 0.05) is 31.1 Å². The number of alkyl carbamates (subject to hydrolysis) is 1. The number of aliphatic carboxylic acids is 1. The van der Waals surface area contributed by atoms with Crippen LogP contribution < -0.4 is 5.32 Å². The zero-order valence-electron chi connectivity index (χ0n) is 19.2. The summed E-state index contributed by atoms with van der Waals surface area (Å²) >= 11 is 0. The lowest BCUT2D eigenvalue weighted by Crippen LogP contribution is -2.42. The van der Waals surface area contributed by atoms with E-state index in [0.717, 1.165) is 38.9 Å². The maximum atomic E-state index is 12.6. The van der Waals surface area contributed by atoms with Crippen molar-refractivity contribution in [3.8, 4) is 22.3 Å². The summed E-state index contributed by atoms with van der Waals surface area (Å²) in [6.07, 6.45) is 3.08. The van der Waals surface area contributed by atoms with Crippen LogP contribution in [0.15, 0.2) is 85.2 Å². The number of amides is 1. The van der Waals surface area contributed by atoms with Crippen molar-refractivity contribution in [2.45, 2.75) is 18.4 Å². The number of rotatable bonds is 7. The molecule has 1 heterocycles. The van der Waals surface area contributed by atoms with Crippen molar-refractivity contribution in [2.75, 3.05) is 6.61 Å². The molecule has 1 aliphatic carbocycles. The Hall–Kier alpha value is -4.39. The maximum Gasteiger partial charge on any atom is 0.407 e. The zero-order valence-corrected chi connectivity index (χ0v) is 19.2. The van der Waals surface area contributed by atoms with Crippen LogP contribution in [0, 0.1) is 0 Å². The Morgan fingerprint density at radius 1 is 0.971 bits per heavy atom. The van der Waals surface area contributed by atoms with Gasteiger partial charge in [0.1, 0.15) is 12.6 Å². The average molecular weight is 468 g/mol. The highest BCUT2D eigenvalue weighted by atomic mass is 16.5. The number of carbonyl (C=O) groups is 2. The minimum atomic E-state index is -1.12. The summed E-state index contributed by atoms with van der Waals surface area (Å²) in [5.41, 5.74) is 7.23. The minimum absolute atomic E-state index is 0.0866. The highest BCUT2D eigenvalue weighted by Gasteiger charge is 2.29. The number of benzene rings is 3. The van der Waals surface area contributed by atoms with E-state index >= 15 is 0 Å². The van der Waals surface area contributed by atoms with Crippen molar-refractivity contribution < 1.29 is 19.4 Å². The van der Waals surface area contributed by atoms with Crippen LogP contribution in [-0.2, 0) is 23.0 Å². The van der Waals surface area contributed by atoms with Gasteiger partial charge in [0.25, 0.3) is 0 Å². The number of nitrogens with zero attached hydrogens (tertiary/aromatic N) is 2. The van der Waals surface area contributed by atoms with Crippen LogP contribution in [0.4, 0.5) is 4.79 Å². The third-order valence-corrected chi connectivity index (χ3v) is 6.37. The van der Waals surface area contributed by atoms with Gasteiger partial charge >= 0.3 is 12.1 Å².